The average molecular weight is 283 g/mol. The Balaban J connectivity index is 2.35. The van der Waals surface area contributed by atoms with E-state index in [0.29, 0.717) is 6.04 Å². The highest BCUT2D eigenvalue weighted by Crippen LogP contribution is 2.30. The largest absolute Gasteiger partial charge is 0.388 e. The summed E-state index contributed by atoms with van der Waals surface area (Å²) in [7, 11) is 0. The third-order valence-corrected chi connectivity index (χ3v) is 3.81. The third kappa shape index (κ3) is 3.85. The molecule has 0 spiro atoms. The van der Waals surface area contributed by atoms with Gasteiger partial charge in [0.2, 0.25) is 0 Å². The van der Waals surface area contributed by atoms with E-state index in [1.165, 1.54) is 5.56 Å². The monoisotopic (exact) mass is 283 g/mol. The molecule has 0 fully saturated rings. The number of hydrogen-bond donors (Lipinski definition) is 1. The predicted molar refractivity (Wildman–Crippen MR) is 89.5 cm³/mol. The second-order valence-electron chi connectivity index (χ2n) is 5.69. The zero-order valence-corrected chi connectivity index (χ0v) is 13.2. The molecule has 0 aromatic heterocycles. The normalized spacial score (nSPS) is 12.4. The summed E-state index contributed by atoms with van der Waals surface area (Å²) in [6.07, 6.45) is 0.326. The standard InChI is InChI=1S/C19H25NO/c1-4-19(21)17-12-8-9-13-18(17)20(15(2)3)14-16-10-6-5-7-11-16/h5-13,15,19,21H,4,14H2,1-3H3. The van der Waals surface area contributed by atoms with E-state index in [9.17, 15) is 5.11 Å². The number of benzene rings is 2. The van der Waals surface area contributed by atoms with Gasteiger partial charge in [0.15, 0.2) is 0 Å². The van der Waals surface area contributed by atoms with Crippen molar-refractivity contribution in [1.82, 2.24) is 0 Å². The first-order valence-electron chi connectivity index (χ1n) is 7.71. The van der Waals surface area contributed by atoms with Crippen molar-refractivity contribution in [2.75, 3.05) is 4.90 Å². The van der Waals surface area contributed by atoms with Gasteiger partial charge in [0.05, 0.1) is 6.10 Å². The molecule has 0 bridgehead atoms. The van der Waals surface area contributed by atoms with Crippen LogP contribution in [-0.4, -0.2) is 11.1 Å². The van der Waals surface area contributed by atoms with Crippen LogP contribution in [-0.2, 0) is 6.54 Å². The van der Waals surface area contributed by atoms with Crippen molar-refractivity contribution in [3.05, 3.63) is 65.7 Å². The van der Waals surface area contributed by atoms with E-state index < -0.39 is 6.10 Å². The molecule has 1 N–H and O–H groups in total. The fourth-order valence-corrected chi connectivity index (χ4v) is 2.58. The Bertz CT molecular complexity index is 551. The Labute approximate surface area is 128 Å². The molecule has 0 aliphatic rings. The lowest BCUT2D eigenvalue weighted by molar-refractivity contribution is 0.174. The van der Waals surface area contributed by atoms with E-state index in [-0.39, 0.29) is 0 Å². The number of anilines is 1. The summed E-state index contributed by atoms with van der Waals surface area (Å²) in [6.45, 7) is 7.25. The van der Waals surface area contributed by atoms with Crippen molar-refractivity contribution in [2.24, 2.45) is 0 Å². The fourth-order valence-electron chi connectivity index (χ4n) is 2.58. The van der Waals surface area contributed by atoms with Gasteiger partial charge in [0.1, 0.15) is 0 Å². The Kier molecular flexibility index (Phi) is 5.40. The van der Waals surface area contributed by atoms with Gasteiger partial charge in [-0.2, -0.15) is 0 Å². The van der Waals surface area contributed by atoms with Crippen molar-refractivity contribution in [3.8, 4) is 0 Å². The van der Waals surface area contributed by atoms with Gasteiger partial charge in [-0.3, -0.25) is 0 Å². The van der Waals surface area contributed by atoms with Gasteiger partial charge in [-0.05, 0) is 31.9 Å². The molecule has 0 aliphatic heterocycles. The lowest BCUT2D eigenvalue weighted by atomic mass is 10.0. The van der Waals surface area contributed by atoms with Crippen LogP contribution >= 0.6 is 0 Å². The lowest BCUT2D eigenvalue weighted by Gasteiger charge is -2.32. The van der Waals surface area contributed by atoms with Gasteiger partial charge >= 0.3 is 0 Å². The summed E-state index contributed by atoms with van der Waals surface area (Å²) < 4.78 is 0. The maximum Gasteiger partial charge on any atom is 0.0807 e. The SMILES string of the molecule is CCC(O)c1ccccc1N(Cc1ccccc1)C(C)C. The molecule has 0 aliphatic carbocycles. The maximum absolute atomic E-state index is 10.3. The van der Waals surface area contributed by atoms with Gasteiger partial charge in [-0.15, -0.1) is 0 Å². The predicted octanol–water partition coefficient (Wildman–Crippen LogP) is 4.55. The molecule has 21 heavy (non-hydrogen) atoms. The Morgan fingerprint density at radius 1 is 0.952 bits per heavy atom. The molecule has 0 heterocycles. The van der Waals surface area contributed by atoms with Gasteiger partial charge in [0.25, 0.3) is 0 Å². The quantitative estimate of drug-likeness (QED) is 0.841. The highest BCUT2D eigenvalue weighted by atomic mass is 16.3. The Hall–Kier alpha value is -1.80. The summed E-state index contributed by atoms with van der Waals surface area (Å²) in [5.74, 6) is 0. The second-order valence-corrected chi connectivity index (χ2v) is 5.69. The van der Waals surface area contributed by atoms with Crippen molar-refractivity contribution < 1.29 is 5.11 Å². The Morgan fingerprint density at radius 2 is 1.57 bits per heavy atom. The highest BCUT2D eigenvalue weighted by Gasteiger charge is 2.18. The molecule has 1 atom stereocenters. The molecule has 2 nitrogen and oxygen atoms in total. The van der Waals surface area contributed by atoms with Crippen LogP contribution in [0.1, 0.15) is 44.4 Å². The smallest absolute Gasteiger partial charge is 0.0807 e. The summed E-state index contributed by atoms with van der Waals surface area (Å²) in [5.41, 5.74) is 3.43. The van der Waals surface area contributed by atoms with Crippen molar-refractivity contribution in [2.45, 2.75) is 45.9 Å². The zero-order valence-electron chi connectivity index (χ0n) is 13.2. The first-order chi connectivity index (χ1) is 10.1. The average Bonchev–Trinajstić information content (AvgIpc) is 2.52. The summed E-state index contributed by atoms with van der Waals surface area (Å²) in [4.78, 5) is 2.35. The molecule has 2 rings (SSSR count). The van der Waals surface area contributed by atoms with Crippen LogP contribution in [0.3, 0.4) is 0 Å². The molecule has 2 heteroatoms. The van der Waals surface area contributed by atoms with E-state index in [4.69, 9.17) is 0 Å². The molecule has 0 saturated carbocycles. The summed E-state index contributed by atoms with van der Waals surface area (Å²) >= 11 is 0. The van der Waals surface area contributed by atoms with Crippen LogP contribution in [0, 0.1) is 0 Å². The Morgan fingerprint density at radius 3 is 2.19 bits per heavy atom. The van der Waals surface area contributed by atoms with Gasteiger partial charge in [-0.25, -0.2) is 0 Å². The van der Waals surface area contributed by atoms with Crippen molar-refractivity contribution in [1.29, 1.82) is 0 Å². The molecule has 112 valence electrons. The number of aliphatic hydroxyl groups excluding tert-OH is 1. The summed E-state index contributed by atoms with van der Waals surface area (Å²) in [5, 5.41) is 10.3. The van der Waals surface area contributed by atoms with Crippen LogP contribution in [0.25, 0.3) is 0 Å². The fraction of sp³-hybridized carbons (Fsp3) is 0.368. The number of para-hydroxylation sites is 1. The molecule has 2 aromatic rings. The van der Waals surface area contributed by atoms with Gasteiger partial charge in [0, 0.05) is 23.8 Å². The summed E-state index contributed by atoms with van der Waals surface area (Å²) in [6, 6.07) is 19.0. The van der Waals surface area contributed by atoms with Crippen molar-refractivity contribution >= 4 is 5.69 Å². The van der Waals surface area contributed by atoms with Crippen molar-refractivity contribution in [3.63, 3.8) is 0 Å². The van der Waals surface area contributed by atoms with Crippen LogP contribution in [0.5, 0.6) is 0 Å². The minimum atomic E-state index is -0.404. The molecule has 2 aromatic carbocycles. The van der Waals surface area contributed by atoms with E-state index >= 15 is 0 Å². The molecule has 1 unspecified atom stereocenters. The maximum atomic E-state index is 10.3. The highest BCUT2D eigenvalue weighted by molar-refractivity contribution is 5.55. The van der Waals surface area contributed by atoms with E-state index in [1.807, 2.05) is 31.2 Å². The number of nitrogens with zero attached hydrogens (tertiary/aromatic N) is 1. The van der Waals surface area contributed by atoms with Gasteiger partial charge < -0.3 is 10.0 Å². The van der Waals surface area contributed by atoms with Crippen LogP contribution < -0.4 is 4.90 Å². The first-order valence-corrected chi connectivity index (χ1v) is 7.71. The van der Waals surface area contributed by atoms with Crippen LogP contribution in [0.15, 0.2) is 54.6 Å². The minimum Gasteiger partial charge on any atom is -0.388 e. The number of hydrogen-bond acceptors (Lipinski definition) is 2. The molecular formula is C19H25NO. The van der Waals surface area contributed by atoms with E-state index in [1.54, 1.807) is 0 Å². The molecule has 0 amide bonds. The van der Waals surface area contributed by atoms with Gasteiger partial charge in [-0.1, -0.05) is 55.5 Å². The lowest BCUT2D eigenvalue weighted by Crippen LogP contribution is -2.31. The molecule has 0 saturated heterocycles. The first kappa shape index (κ1) is 15.6. The number of rotatable bonds is 6. The zero-order chi connectivity index (χ0) is 15.2. The molecule has 0 radical (unpaired) electrons. The van der Waals surface area contributed by atoms with E-state index in [0.717, 1.165) is 24.2 Å². The third-order valence-electron chi connectivity index (χ3n) is 3.81. The topological polar surface area (TPSA) is 23.5 Å². The van der Waals surface area contributed by atoms with Crippen LogP contribution in [0.4, 0.5) is 5.69 Å². The van der Waals surface area contributed by atoms with Crippen LogP contribution in [0.2, 0.25) is 0 Å². The minimum absolute atomic E-state index is 0.371. The number of aliphatic hydroxyl groups is 1. The molecular weight excluding hydrogens is 258 g/mol. The second kappa shape index (κ2) is 7.28. The van der Waals surface area contributed by atoms with E-state index in [2.05, 4.69) is 49.1 Å².